The Kier molecular flexibility index (Phi) is 5.82. The molecule has 0 saturated heterocycles. The van der Waals surface area contributed by atoms with E-state index in [1.165, 1.54) is 6.20 Å². The third-order valence-electron chi connectivity index (χ3n) is 4.20. The zero-order chi connectivity index (χ0) is 18.2. The van der Waals surface area contributed by atoms with Gasteiger partial charge in [-0.2, -0.15) is 0 Å². The summed E-state index contributed by atoms with van der Waals surface area (Å²) in [6.45, 7) is 5.37. The smallest absolute Gasteiger partial charge is 0.248 e. The van der Waals surface area contributed by atoms with E-state index >= 15 is 0 Å². The van der Waals surface area contributed by atoms with Crippen molar-refractivity contribution in [1.29, 1.82) is 0 Å². The van der Waals surface area contributed by atoms with E-state index in [1.54, 1.807) is 32.9 Å². The maximum Gasteiger partial charge on any atom is 0.248 e. The molecule has 1 aliphatic carbocycles. The molecule has 4 nitrogen and oxygen atoms in total. The van der Waals surface area contributed by atoms with Gasteiger partial charge in [-0.15, -0.1) is 4.72 Å². The first-order chi connectivity index (χ1) is 10.9. The van der Waals surface area contributed by atoms with Crippen molar-refractivity contribution in [3.05, 3.63) is 29.0 Å². The summed E-state index contributed by atoms with van der Waals surface area (Å²) in [6, 6.07) is 2.30. The van der Waals surface area contributed by atoms with Crippen LogP contribution in [0.5, 0.6) is 0 Å². The maximum atomic E-state index is 13.5. The Bertz CT molecular complexity index is 573. The van der Waals surface area contributed by atoms with Crippen LogP contribution in [0.25, 0.3) is 0 Å². The van der Waals surface area contributed by atoms with Crippen LogP contribution in [-0.4, -0.2) is 30.9 Å². The van der Waals surface area contributed by atoms with Crippen molar-refractivity contribution in [2.75, 3.05) is 0 Å². The van der Waals surface area contributed by atoms with Crippen LogP contribution in [0.15, 0.2) is 18.3 Å². The lowest BCUT2D eigenvalue weighted by Crippen LogP contribution is -2.52. The minimum atomic E-state index is -2.78. The zero-order valence-corrected chi connectivity index (χ0v) is 15.6. The molecule has 1 fully saturated rings. The lowest BCUT2D eigenvalue weighted by atomic mass is 9.77. The van der Waals surface area contributed by atoms with Crippen LogP contribution < -0.4 is 4.72 Å². The summed E-state index contributed by atoms with van der Waals surface area (Å²) in [7, 11) is 0. The highest BCUT2D eigenvalue weighted by Crippen LogP contribution is 2.44. The third kappa shape index (κ3) is 4.79. The quantitative estimate of drug-likeness (QED) is 0.780. The second-order valence-corrected chi connectivity index (χ2v) is 9.72. The van der Waals surface area contributed by atoms with Crippen LogP contribution in [0, 0.1) is 0 Å². The highest BCUT2D eigenvalue weighted by Gasteiger charge is 2.49. The number of halogens is 3. The predicted molar refractivity (Wildman–Crippen MR) is 91.4 cm³/mol. The number of hydrogen-bond acceptors (Lipinski definition) is 4. The average molecular weight is 381 g/mol. The second-order valence-electron chi connectivity index (χ2n) is 7.29. The SMILES string of the molecule is CC(C)(C)[S+]([O-])N[C@@H](c1cc(Cl)ccn1)C1(O)CCC(F)(F)CC1. The summed E-state index contributed by atoms with van der Waals surface area (Å²) in [4.78, 5) is 4.20. The molecule has 1 unspecified atom stereocenters. The largest absolute Gasteiger partial charge is 0.598 e. The number of rotatable bonds is 4. The molecule has 0 aliphatic heterocycles. The van der Waals surface area contributed by atoms with Crippen LogP contribution >= 0.6 is 11.6 Å². The molecule has 0 amide bonds. The highest BCUT2D eigenvalue weighted by atomic mass is 35.5. The molecule has 8 heteroatoms. The molecule has 0 radical (unpaired) electrons. The summed E-state index contributed by atoms with van der Waals surface area (Å²) >= 11 is 4.50. The van der Waals surface area contributed by atoms with E-state index in [4.69, 9.17) is 11.6 Å². The Morgan fingerprint density at radius 2 is 1.92 bits per heavy atom. The van der Waals surface area contributed by atoms with Gasteiger partial charge in [-0.25, -0.2) is 8.78 Å². The van der Waals surface area contributed by atoms with Crippen LogP contribution in [0.3, 0.4) is 0 Å². The lowest BCUT2D eigenvalue weighted by molar-refractivity contribution is -0.115. The van der Waals surface area contributed by atoms with Gasteiger partial charge in [0.05, 0.1) is 11.3 Å². The van der Waals surface area contributed by atoms with E-state index in [1.807, 2.05) is 0 Å². The second kappa shape index (κ2) is 7.03. The molecule has 1 aromatic rings. The molecular weight excluding hydrogens is 358 g/mol. The van der Waals surface area contributed by atoms with Gasteiger partial charge in [-0.05, 0) is 45.7 Å². The van der Waals surface area contributed by atoms with Crippen molar-refractivity contribution in [1.82, 2.24) is 9.71 Å². The van der Waals surface area contributed by atoms with Crippen molar-refractivity contribution >= 4 is 23.0 Å². The van der Waals surface area contributed by atoms with Gasteiger partial charge in [0.2, 0.25) is 5.92 Å². The van der Waals surface area contributed by atoms with Crippen molar-refractivity contribution in [2.24, 2.45) is 0 Å². The molecule has 136 valence electrons. The number of aromatic nitrogens is 1. The number of nitrogens with one attached hydrogen (secondary N) is 1. The fourth-order valence-corrected chi connectivity index (χ4v) is 3.72. The Balaban J connectivity index is 2.32. The standard InChI is InChI=1S/C16H23ClF2N2O2S/c1-14(2,3)24(23)21-13(12-10-11(17)4-9-20-12)15(22)5-7-16(18,19)8-6-15/h4,9-10,13,21-22H,5-8H2,1-3H3/t13-,24?/m0/s1. The molecule has 2 atom stereocenters. The minimum Gasteiger partial charge on any atom is -0.598 e. The van der Waals surface area contributed by atoms with Crippen molar-refractivity contribution in [3.8, 4) is 0 Å². The fraction of sp³-hybridized carbons (Fsp3) is 0.688. The minimum absolute atomic E-state index is 0.104. The molecule has 1 aromatic heterocycles. The first kappa shape index (κ1) is 19.8. The molecule has 1 saturated carbocycles. The highest BCUT2D eigenvalue weighted by molar-refractivity contribution is 7.90. The average Bonchev–Trinajstić information content (AvgIpc) is 2.47. The summed E-state index contributed by atoms with van der Waals surface area (Å²) < 4.78 is 41.8. The van der Waals surface area contributed by atoms with Gasteiger partial charge >= 0.3 is 0 Å². The van der Waals surface area contributed by atoms with Crippen LogP contribution in [0.4, 0.5) is 8.78 Å². The Hall–Kier alpha value is -0.470. The number of nitrogens with zero attached hydrogens (tertiary/aromatic N) is 1. The predicted octanol–water partition coefficient (Wildman–Crippen LogP) is 3.77. The van der Waals surface area contributed by atoms with Crippen LogP contribution in [0.2, 0.25) is 5.02 Å². The van der Waals surface area contributed by atoms with Gasteiger partial charge in [-0.3, -0.25) is 4.98 Å². The fourth-order valence-electron chi connectivity index (χ4n) is 2.65. The third-order valence-corrected chi connectivity index (χ3v) is 6.00. The lowest BCUT2D eigenvalue weighted by Gasteiger charge is -2.42. The molecule has 0 aromatic carbocycles. The van der Waals surface area contributed by atoms with Gasteiger partial charge in [0.1, 0.15) is 10.8 Å². The Morgan fingerprint density at radius 1 is 1.33 bits per heavy atom. The molecule has 1 heterocycles. The molecule has 2 N–H and O–H groups in total. The van der Waals surface area contributed by atoms with Gasteiger partial charge < -0.3 is 9.66 Å². The topological polar surface area (TPSA) is 68.2 Å². The molecular formula is C16H23ClF2N2O2S. The van der Waals surface area contributed by atoms with E-state index in [2.05, 4.69) is 9.71 Å². The van der Waals surface area contributed by atoms with Crippen LogP contribution in [0.1, 0.15) is 58.2 Å². The number of aliphatic hydroxyl groups is 1. The molecule has 1 aliphatic rings. The van der Waals surface area contributed by atoms with Gasteiger partial charge in [-0.1, -0.05) is 11.6 Å². The normalized spacial score (nSPS) is 22.8. The van der Waals surface area contributed by atoms with E-state index < -0.39 is 46.5 Å². The van der Waals surface area contributed by atoms with E-state index in [0.717, 1.165) is 0 Å². The summed E-state index contributed by atoms with van der Waals surface area (Å²) in [5, 5.41) is 11.4. The zero-order valence-electron chi connectivity index (χ0n) is 14.0. The first-order valence-corrected chi connectivity index (χ1v) is 9.35. The van der Waals surface area contributed by atoms with Crippen LogP contribution in [-0.2, 0) is 11.4 Å². The Morgan fingerprint density at radius 3 is 2.42 bits per heavy atom. The van der Waals surface area contributed by atoms with Gasteiger partial charge in [0, 0.05) is 35.4 Å². The number of hydrogen-bond donors (Lipinski definition) is 2. The summed E-state index contributed by atoms with van der Waals surface area (Å²) in [5.41, 5.74) is -1.06. The van der Waals surface area contributed by atoms with Crippen molar-refractivity contribution in [3.63, 3.8) is 0 Å². The maximum absolute atomic E-state index is 13.5. The monoisotopic (exact) mass is 380 g/mol. The van der Waals surface area contributed by atoms with Gasteiger partial charge in [0.15, 0.2) is 0 Å². The summed E-state index contributed by atoms with van der Waals surface area (Å²) in [5.74, 6) is -2.78. The molecule has 2 rings (SSSR count). The number of alkyl halides is 2. The first-order valence-electron chi connectivity index (χ1n) is 7.83. The summed E-state index contributed by atoms with van der Waals surface area (Å²) in [6.07, 6.45) is 0.447. The van der Waals surface area contributed by atoms with E-state index in [-0.39, 0.29) is 12.8 Å². The Labute approximate surface area is 149 Å². The van der Waals surface area contributed by atoms with Gasteiger partial charge in [0.25, 0.3) is 0 Å². The number of pyridine rings is 1. The van der Waals surface area contributed by atoms with E-state index in [9.17, 15) is 18.4 Å². The molecule has 24 heavy (non-hydrogen) atoms. The molecule has 0 spiro atoms. The van der Waals surface area contributed by atoms with Crippen molar-refractivity contribution in [2.45, 2.75) is 68.8 Å². The van der Waals surface area contributed by atoms with E-state index in [0.29, 0.717) is 10.7 Å². The molecule has 0 bridgehead atoms. The van der Waals surface area contributed by atoms with Crippen molar-refractivity contribution < 1.29 is 18.4 Å².